The Morgan fingerprint density at radius 3 is 2.10 bits per heavy atom. The van der Waals surface area contributed by atoms with Crippen LogP contribution in [-0.2, 0) is 14.8 Å². The van der Waals surface area contributed by atoms with E-state index in [-0.39, 0.29) is 11.7 Å². The monoisotopic (exact) mass is 312 g/mol. The van der Waals surface area contributed by atoms with Crippen LogP contribution in [0.4, 0.5) is 0 Å². The van der Waals surface area contributed by atoms with Crippen LogP contribution in [0.25, 0.3) is 0 Å². The number of rotatable bonds is 7. The maximum atomic E-state index is 12.2. The third-order valence-corrected chi connectivity index (χ3v) is 4.26. The molecule has 0 bridgehead atoms. The smallest absolute Gasteiger partial charge is 0.236 e. The van der Waals surface area contributed by atoms with Crippen molar-refractivity contribution in [3.05, 3.63) is 35.9 Å². The standard InChI is InChI=1S/C14H20N2O4S/c1-10(2)13(14(15)18)16(21(3,19)20)9-12(17)11-7-5-4-6-8-11/h4-8,10,13H,9H2,1-3H3,(H2,15,18). The summed E-state index contributed by atoms with van der Waals surface area (Å²) < 4.78 is 24.7. The van der Waals surface area contributed by atoms with Crippen LogP contribution in [0.2, 0.25) is 0 Å². The van der Waals surface area contributed by atoms with Gasteiger partial charge in [-0.15, -0.1) is 0 Å². The minimum atomic E-state index is -3.75. The van der Waals surface area contributed by atoms with E-state index in [0.717, 1.165) is 10.6 Å². The molecule has 0 aliphatic rings. The van der Waals surface area contributed by atoms with E-state index >= 15 is 0 Å². The topological polar surface area (TPSA) is 97.5 Å². The van der Waals surface area contributed by atoms with Gasteiger partial charge < -0.3 is 5.73 Å². The quantitative estimate of drug-likeness (QED) is 0.747. The molecule has 1 atom stereocenters. The number of hydrogen-bond acceptors (Lipinski definition) is 4. The van der Waals surface area contributed by atoms with Crippen molar-refractivity contribution in [3.8, 4) is 0 Å². The molecule has 0 radical (unpaired) electrons. The fourth-order valence-corrected chi connectivity index (χ4v) is 3.19. The lowest BCUT2D eigenvalue weighted by Gasteiger charge is -2.29. The summed E-state index contributed by atoms with van der Waals surface area (Å²) in [5.41, 5.74) is 5.68. The van der Waals surface area contributed by atoms with Crippen LogP contribution >= 0.6 is 0 Å². The van der Waals surface area contributed by atoms with Crippen LogP contribution in [0.1, 0.15) is 24.2 Å². The second kappa shape index (κ2) is 6.82. The summed E-state index contributed by atoms with van der Waals surface area (Å²) in [7, 11) is -3.75. The molecule has 21 heavy (non-hydrogen) atoms. The Hall–Kier alpha value is -1.73. The number of benzene rings is 1. The number of sulfonamides is 1. The highest BCUT2D eigenvalue weighted by molar-refractivity contribution is 7.88. The van der Waals surface area contributed by atoms with Gasteiger partial charge in [-0.2, -0.15) is 4.31 Å². The number of ketones is 1. The summed E-state index contributed by atoms with van der Waals surface area (Å²) in [5.74, 6) is -1.48. The number of primary amides is 1. The van der Waals surface area contributed by atoms with Crippen molar-refractivity contribution in [1.29, 1.82) is 0 Å². The number of hydrogen-bond donors (Lipinski definition) is 1. The summed E-state index contributed by atoms with van der Waals surface area (Å²) >= 11 is 0. The van der Waals surface area contributed by atoms with Crippen LogP contribution in [0.3, 0.4) is 0 Å². The van der Waals surface area contributed by atoms with Gasteiger partial charge in [0.25, 0.3) is 0 Å². The molecule has 1 unspecified atom stereocenters. The molecule has 0 saturated carbocycles. The first-order chi connectivity index (χ1) is 9.64. The molecule has 7 heteroatoms. The van der Waals surface area contributed by atoms with Crippen LogP contribution < -0.4 is 5.73 Å². The van der Waals surface area contributed by atoms with E-state index in [4.69, 9.17) is 5.73 Å². The van der Waals surface area contributed by atoms with Crippen molar-refractivity contribution >= 4 is 21.7 Å². The van der Waals surface area contributed by atoms with Gasteiger partial charge in [0, 0.05) is 5.56 Å². The van der Waals surface area contributed by atoms with Gasteiger partial charge in [0.05, 0.1) is 12.8 Å². The van der Waals surface area contributed by atoms with E-state index in [9.17, 15) is 18.0 Å². The first-order valence-electron chi connectivity index (χ1n) is 6.49. The molecule has 1 amide bonds. The molecular weight excluding hydrogens is 292 g/mol. The highest BCUT2D eigenvalue weighted by Crippen LogP contribution is 2.15. The molecule has 0 aliphatic carbocycles. The lowest BCUT2D eigenvalue weighted by Crippen LogP contribution is -2.52. The van der Waals surface area contributed by atoms with Crippen molar-refractivity contribution in [3.63, 3.8) is 0 Å². The highest BCUT2D eigenvalue weighted by atomic mass is 32.2. The SMILES string of the molecule is CC(C)C(C(N)=O)N(CC(=O)c1ccccc1)S(C)(=O)=O. The maximum Gasteiger partial charge on any atom is 0.236 e. The van der Waals surface area contributed by atoms with E-state index in [0.29, 0.717) is 5.56 Å². The van der Waals surface area contributed by atoms with Gasteiger partial charge in [-0.1, -0.05) is 44.2 Å². The molecule has 1 rings (SSSR count). The fourth-order valence-electron chi connectivity index (χ4n) is 2.08. The highest BCUT2D eigenvalue weighted by Gasteiger charge is 2.34. The molecule has 6 nitrogen and oxygen atoms in total. The number of amides is 1. The van der Waals surface area contributed by atoms with Crippen molar-refractivity contribution < 1.29 is 18.0 Å². The Morgan fingerprint density at radius 1 is 1.19 bits per heavy atom. The van der Waals surface area contributed by atoms with Gasteiger partial charge in [-0.3, -0.25) is 9.59 Å². The number of Topliss-reactive ketones (excluding diaryl/α,β-unsaturated/α-hetero) is 1. The van der Waals surface area contributed by atoms with Crippen molar-refractivity contribution in [2.24, 2.45) is 11.7 Å². The average molecular weight is 312 g/mol. The maximum absolute atomic E-state index is 12.2. The van der Waals surface area contributed by atoms with E-state index in [1.165, 1.54) is 0 Å². The summed E-state index contributed by atoms with van der Waals surface area (Å²) in [6, 6.07) is 7.27. The molecule has 0 aromatic heterocycles. The zero-order chi connectivity index (χ0) is 16.2. The van der Waals surface area contributed by atoms with Gasteiger partial charge in [0.15, 0.2) is 5.78 Å². The van der Waals surface area contributed by atoms with Gasteiger partial charge in [-0.05, 0) is 5.92 Å². The number of nitrogens with two attached hydrogens (primary N) is 1. The van der Waals surface area contributed by atoms with E-state index < -0.39 is 28.5 Å². The van der Waals surface area contributed by atoms with Gasteiger partial charge in [-0.25, -0.2) is 8.42 Å². The molecule has 0 fully saturated rings. The van der Waals surface area contributed by atoms with Gasteiger partial charge in [0.2, 0.25) is 15.9 Å². The molecule has 0 saturated heterocycles. The second-order valence-corrected chi connectivity index (χ2v) is 7.12. The number of carbonyl (C=O) groups is 2. The van der Waals surface area contributed by atoms with Gasteiger partial charge >= 0.3 is 0 Å². The van der Waals surface area contributed by atoms with Crippen LogP contribution in [0, 0.1) is 5.92 Å². The summed E-state index contributed by atoms with van der Waals surface area (Å²) in [6.07, 6.45) is 0.962. The largest absolute Gasteiger partial charge is 0.368 e. The van der Waals surface area contributed by atoms with E-state index in [1.807, 2.05) is 0 Å². The lowest BCUT2D eigenvalue weighted by atomic mass is 10.0. The third kappa shape index (κ3) is 4.64. The van der Waals surface area contributed by atoms with Crippen LogP contribution in [0.5, 0.6) is 0 Å². The Bertz CT molecular complexity index is 611. The average Bonchev–Trinajstić information content (AvgIpc) is 2.36. The zero-order valence-electron chi connectivity index (χ0n) is 12.3. The molecule has 2 N–H and O–H groups in total. The van der Waals surface area contributed by atoms with Crippen LogP contribution in [-0.4, -0.2) is 43.3 Å². The Morgan fingerprint density at radius 2 is 1.71 bits per heavy atom. The molecule has 1 aromatic rings. The summed E-state index contributed by atoms with van der Waals surface area (Å²) in [5, 5.41) is 0. The minimum absolute atomic E-state index is 0.333. The Balaban J connectivity index is 3.11. The number of nitrogens with zero attached hydrogens (tertiary/aromatic N) is 1. The second-order valence-electron chi connectivity index (χ2n) is 5.19. The Kier molecular flexibility index (Phi) is 5.62. The van der Waals surface area contributed by atoms with E-state index in [1.54, 1.807) is 44.2 Å². The van der Waals surface area contributed by atoms with Crippen LogP contribution in [0.15, 0.2) is 30.3 Å². The lowest BCUT2D eigenvalue weighted by molar-refractivity contribution is -0.122. The summed E-state index contributed by atoms with van der Waals surface area (Å²) in [4.78, 5) is 23.7. The summed E-state index contributed by atoms with van der Waals surface area (Å²) in [6.45, 7) is 2.95. The molecule has 116 valence electrons. The molecule has 0 heterocycles. The molecular formula is C14H20N2O4S. The first-order valence-corrected chi connectivity index (χ1v) is 8.33. The first kappa shape index (κ1) is 17.3. The number of carbonyl (C=O) groups excluding carboxylic acids is 2. The Labute approximate surface area is 125 Å². The predicted molar refractivity (Wildman–Crippen MR) is 80.1 cm³/mol. The molecule has 0 aliphatic heterocycles. The normalized spacial score (nSPS) is 13.4. The predicted octanol–water partition coefficient (Wildman–Crippen LogP) is 0.641. The molecule has 0 spiro atoms. The van der Waals surface area contributed by atoms with Crippen molar-refractivity contribution in [1.82, 2.24) is 4.31 Å². The fraction of sp³-hybridized carbons (Fsp3) is 0.429. The van der Waals surface area contributed by atoms with Crippen molar-refractivity contribution in [2.45, 2.75) is 19.9 Å². The third-order valence-electron chi connectivity index (χ3n) is 3.05. The van der Waals surface area contributed by atoms with Crippen molar-refractivity contribution in [2.75, 3.05) is 12.8 Å². The molecule has 1 aromatic carbocycles. The minimum Gasteiger partial charge on any atom is -0.368 e. The van der Waals surface area contributed by atoms with Gasteiger partial charge in [0.1, 0.15) is 6.04 Å². The van der Waals surface area contributed by atoms with E-state index in [2.05, 4.69) is 0 Å². The zero-order valence-corrected chi connectivity index (χ0v) is 13.1.